The number of rotatable bonds is 11. The third-order valence-electron chi connectivity index (χ3n) is 7.74. The molecule has 5 rings (SSSR count). The molecular formula is C33H38N8O2. The van der Waals surface area contributed by atoms with E-state index in [0.717, 1.165) is 16.6 Å². The number of aliphatic imine (C=N–C) groups is 1. The summed E-state index contributed by atoms with van der Waals surface area (Å²) < 4.78 is 0. The summed E-state index contributed by atoms with van der Waals surface area (Å²) in [4.78, 5) is 41.8. The minimum atomic E-state index is -0.439. The molecule has 4 aromatic rings. The number of hydrogen-bond acceptors (Lipinski definition) is 6. The van der Waals surface area contributed by atoms with Crippen molar-refractivity contribution in [3.8, 4) is 0 Å². The van der Waals surface area contributed by atoms with Crippen molar-refractivity contribution in [3.05, 3.63) is 108 Å². The SMILES string of the molecule is NC(N)=NCCC[C@@H]1N[C@H](CNC(=O)c2cnc3ccccc3n2)CCN(CC(c2ccccc2)c2ccccc2)C1=O. The van der Waals surface area contributed by atoms with Gasteiger partial charge in [0.05, 0.1) is 23.3 Å². The fourth-order valence-electron chi connectivity index (χ4n) is 5.50. The van der Waals surface area contributed by atoms with Crippen LogP contribution in [0.15, 0.2) is 96.1 Å². The fourth-order valence-corrected chi connectivity index (χ4v) is 5.50. The number of nitrogens with two attached hydrogens (primary N) is 2. The summed E-state index contributed by atoms with van der Waals surface area (Å²) in [7, 11) is 0. The van der Waals surface area contributed by atoms with E-state index in [1.54, 1.807) is 0 Å². The number of carbonyl (C=O) groups is 2. The highest BCUT2D eigenvalue weighted by molar-refractivity contribution is 5.93. The van der Waals surface area contributed by atoms with Gasteiger partial charge in [-0.3, -0.25) is 19.6 Å². The van der Waals surface area contributed by atoms with Gasteiger partial charge >= 0.3 is 0 Å². The van der Waals surface area contributed by atoms with E-state index in [0.29, 0.717) is 51.0 Å². The van der Waals surface area contributed by atoms with Crippen molar-refractivity contribution in [3.63, 3.8) is 0 Å². The second-order valence-corrected chi connectivity index (χ2v) is 10.8. The number of carbonyl (C=O) groups excluding carboxylic acids is 2. The van der Waals surface area contributed by atoms with E-state index >= 15 is 0 Å². The maximum absolute atomic E-state index is 14.0. The lowest BCUT2D eigenvalue weighted by atomic mass is 9.90. The Morgan fingerprint density at radius 2 is 1.63 bits per heavy atom. The molecule has 43 heavy (non-hydrogen) atoms. The van der Waals surface area contributed by atoms with Crippen LogP contribution in [0.1, 0.15) is 46.8 Å². The van der Waals surface area contributed by atoms with E-state index in [9.17, 15) is 9.59 Å². The van der Waals surface area contributed by atoms with Gasteiger partial charge in [0.15, 0.2) is 5.96 Å². The lowest BCUT2D eigenvalue weighted by Crippen LogP contribution is -2.49. The number of nitrogens with one attached hydrogen (secondary N) is 2. The molecule has 2 amide bonds. The van der Waals surface area contributed by atoms with Crippen LogP contribution in [0.5, 0.6) is 0 Å². The highest BCUT2D eigenvalue weighted by Gasteiger charge is 2.32. The number of fused-ring (bicyclic) bond motifs is 1. The predicted octanol–water partition coefficient (Wildman–Crippen LogP) is 2.80. The minimum absolute atomic E-state index is 0.0244. The summed E-state index contributed by atoms with van der Waals surface area (Å²) in [5.41, 5.74) is 15.0. The maximum Gasteiger partial charge on any atom is 0.271 e. The Morgan fingerprint density at radius 1 is 0.977 bits per heavy atom. The predicted molar refractivity (Wildman–Crippen MR) is 168 cm³/mol. The van der Waals surface area contributed by atoms with Gasteiger partial charge < -0.3 is 27.0 Å². The van der Waals surface area contributed by atoms with Gasteiger partial charge in [-0.2, -0.15) is 0 Å². The molecule has 1 fully saturated rings. The van der Waals surface area contributed by atoms with Crippen molar-refractivity contribution in [1.82, 2.24) is 25.5 Å². The third-order valence-corrected chi connectivity index (χ3v) is 7.74. The highest BCUT2D eigenvalue weighted by Crippen LogP contribution is 2.27. The Bertz CT molecular complexity index is 1500. The lowest BCUT2D eigenvalue weighted by Gasteiger charge is -2.29. The smallest absolute Gasteiger partial charge is 0.271 e. The summed E-state index contributed by atoms with van der Waals surface area (Å²) in [6.07, 6.45) is 3.37. The molecule has 0 aliphatic carbocycles. The van der Waals surface area contributed by atoms with Crippen LogP contribution >= 0.6 is 0 Å². The van der Waals surface area contributed by atoms with Crippen LogP contribution in [0.2, 0.25) is 0 Å². The molecule has 0 radical (unpaired) electrons. The average molecular weight is 579 g/mol. The van der Waals surface area contributed by atoms with E-state index in [1.807, 2.05) is 65.6 Å². The maximum atomic E-state index is 14.0. The van der Waals surface area contributed by atoms with Gasteiger partial charge in [0.25, 0.3) is 5.91 Å². The number of guanidine groups is 1. The van der Waals surface area contributed by atoms with Crippen LogP contribution in [0, 0.1) is 0 Å². The fraction of sp³-hybridized carbons (Fsp3) is 0.303. The molecule has 2 atom stereocenters. The van der Waals surface area contributed by atoms with E-state index < -0.39 is 6.04 Å². The van der Waals surface area contributed by atoms with Crippen molar-refractivity contribution in [1.29, 1.82) is 0 Å². The molecule has 2 heterocycles. The van der Waals surface area contributed by atoms with Crippen LogP contribution < -0.4 is 22.1 Å². The van der Waals surface area contributed by atoms with Gasteiger partial charge in [-0.25, -0.2) is 4.98 Å². The first kappa shape index (κ1) is 29.7. The molecule has 0 unspecified atom stereocenters. The Hall–Kier alpha value is -4.83. The first-order valence-corrected chi connectivity index (χ1v) is 14.7. The van der Waals surface area contributed by atoms with Gasteiger partial charge in [-0.05, 0) is 42.5 Å². The summed E-state index contributed by atoms with van der Waals surface area (Å²) in [6.45, 7) is 1.89. The second kappa shape index (κ2) is 14.4. The van der Waals surface area contributed by atoms with Gasteiger partial charge in [0.2, 0.25) is 5.91 Å². The normalized spacial score (nSPS) is 17.0. The number of para-hydroxylation sites is 2. The molecule has 10 heteroatoms. The molecule has 0 saturated carbocycles. The Kier molecular flexibility index (Phi) is 9.91. The topological polar surface area (TPSA) is 152 Å². The largest absolute Gasteiger partial charge is 0.370 e. The molecule has 3 aromatic carbocycles. The molecule has 222 valence electrons. The molecule has 0 spiro atoms. The molecule has 1 aliphatic rings. The number of nitrogens with zero attached hydrogens (tertiary/aromatic N) is 4. The summed E-state index contributed by atoms with van der Waals surface area (Å²) >= 11 is 0. The Morgan fingerprint density at radius 3 is 2.30 bits per heavy atom. The molecule has 1 aliphatic heterocycles. The van der Waals surface area contributed by atoms with Crippen molar-refractivity contribution < 1.29 is 9.59 Å². The van der Waals surface area contributed by atoms with Crippen LogP contribution in [-0.4, -0.2) is 70.9 Å². The number of amides is 2. The first-order valence-electron chi connectivity index (χ1n) is 14.7. The quantitative estimate of drug-likeness (QED) is 0.121. The van der Waals surface area contributed by atoms with Gasteiger partial charge in [-0.15, -0.1) is 0 Å². The molecular weight excluding hydrogens is 540 g/mol. The summed E-state index contributed by atoms with van der Waals surface area (Å²) in [5, 5.41) is 6.52. The third kappa shape index (κ3) is 7.92. The van der Waals surface area contributed by atoms with E-state index in [2.05, 4.69) is 49.9 Å². The first-order chi connectivity index (χ1) is 21.0. The Labute approximate surface area is 251 Å². The monoisotopic (exact) mass is 578 g/mol. The zero-order valence-electron chi connectivity index (χ0n) is 24.1. The molecule has 1 aromatic heterocycles. The number of hydrogen-bond donors (Lipinski definition) is 4. The summed E-state index contributed by atoms with van der Waals surface area (Å²) in [6, 6.07) is 27.4. The average Bonchev–Trinajstić information content (AvgIpc) is 3.19. The van der Waals surface area contributed by atoms with Crippen molar-refractivity contribution in [2.75, 3.05) is 26.2 Å². The standard InChI is InChI=1S/C33H38N8O2/c34-33(35)36-18-9-16-29-32(43)41(22-26(23-10-3-1-4-11-23)24-12-5-2-6-13-24)19-17-25(39-29)20-38-31(42)30-21-37-27-14-7-8-15-28(27)40-30/h1-8,10-15,21,25-26,29,39H,9,16-20,22H2,(H,38,42)(H4,34,35,36)/t25-,29-/m0/s1. The molecule has 6 N–H and O–H groups in total. The molecule has 10 nitrogen and oxygen atoms in total. The number of aromatic nitrogens is 2. The lowest BCUT2D eigenvalue weighted by molar-refractivity contribution is -0.133. The Balaban J connectivity index is 1.31. The second-order valence-electron chi connectivity index (χ2n) is 10.8. The van der Waals surface area contributed by atoms with E-state index in [1.165, 1.54) is 6.20 Å². The zero-order valence-corrected chi connectivity index (χ0v) is 24.1. The van der Waals surface area contributed by atoms with Crippen molar-refractivity contribution in [2.24, 2.45) is 16.5 Å². The van der Waals surface area contributed by atoms with Crippen molar-refractivity contribution in [2.45, 2.75) is 37.3 Å². The molecule has 0 bridgehead atoms. The van der Waals surface area contributed by atoms with Crippen LogP contribution in [0.3, 0.4) is 0 Å². The highest BCUT2D eigenvalue weighted by atomic mass is 16.2. The van der Waals surface area contributed by atoms with Crippen LogP contribution in [0.4, 0.5) is 0 Å². The minimum Gasteiger partial charge on any atom is -0.370 e. The number of benzene rings is 3. The van der Waals surface area contributed by atoms with Crippen molar-refractivity contribution >= 4 is 28.8 Å². The van der Waals surface area contributed by atoms with Crippen LogP contribution in [0.25, 0.3) is 11.0 Å². The van der Waals surface area contributed by atoms with E-state index in [-0.39, 0.29) is 35.4 Å². The van der Waals surface area contributed by atoms with E-state index in [4.69, 9.17) is 11.5 Å². The molecule has 1 saturated heterocycles. The summed E-state index contributed by atoms with van der Waals surface area (Å²) in [5.74, 6) is -0.204. The zero-order chi connectivity index (χ0) is 30.0. The van der Waals surface area contributed by atoms with Gasteiger partial charge in [-0.1, -0.05) is 72.8 Å². The van der Waals surface area contributed by atoms with Gasteiger partial charge in [0.1, 0.15) is 5.69 Å². The van der Waals surface area contributed by atoms with Gasteiger partial charge in [0, 0.05) is 38.1 Å². The van der Waals surface area contributed by atoms with Crippen LogP contribution in [-0.2, 0) is 4.79 Å².